The van der Waals surface area contributed by atoms with E-state index in [-0.39, 0.29) is 153 Å². The summed E-state index contributed by atoms with van der Waals surface area (Å²) in [5.74, 6) is 0. The molecule has 0 radical (unpaired) electrons. The molecule has 0 amide bonds. The maximum absolute atomic E-state index is 7.33. The Morgan fingerprint density at radius 2 is 0.909 bits per heavy atom. The van der Waals surface area contributed by atoms with Crippen molar-refractivity contribution in [2.24, 2.45) is 0 Å². The van der Waals surface area contributed by atoms with E-state index >= 15 is 0 Å². The molecule has 0 saturated heterocycles. The Kier molecular flexibility index (Phi) is 98.2. The van der Waals surface area contributed by atoms with Crippen LogP contribution in [0.4, 0.5) is 4.70 Å². The summed E-state index contributed by atoms with van der Waals surface area (Å²) in [7, 11) is -4.61. The summed E-state index contributed by atoms with van der Waals surface area (Å²) in [5, 5.41) is 0. The molecule has 4 nitrogen and oxygen atoms in total. The van der Waals surface area contributed by atoms with Crippen LogP contribution >= 0.6 is 12.4 Å². The van der Waals surface area contributed by atoms with Gasteiger partial charge in [0.25, 0.3) is 0 Å². The monoisotopic (exact) mass is 288 g/mol. The zero-order chi connectivity index (χ0) is 4.50. The number of hydrogen-bond donors (Lipinski definition) is 4. The molecule has 62 valence electrons. The fraction of sp³-hybridized carbons (Fsp3) is 0. The Bertz CT molecular complexity index is 45.6. The van der Waals surface area contributed by atoms with Gasteiger partial charge < -0.3 is 19.2 Å². The van der Waals surface area contributed by atoms with Crippen LogP contribution in [0.5, 0.6) is 0 Å². The van der Waals surface area contributed by atoms with E-state index in [0.29, 0.717) is 0 Å². The van der Waals surface area contributed by atoms with Crippen molar-refractivity contribution in [1.82, 2.24) is 0 Å². The molecule has 4 N–H and O–H groups in total. The molecule has 0 bridgehead atoms. The third kappa shape index (κ3) is 107. The van der Waals surface area contributed by atoms with Gasteiger partial charge in [-0.25, -0.2) is 0 Å². The minimum atomic E-state index is -4.61. The van der Waals surface area contributed by atoms with Crippen molar-refractivity contribution in [2.45, 2.75) is 0 Å². The van der Waals surface area contributed by atoms with Gasteiger partial charge in [0.2, 0.25) is 0 Å². The summed E-state index contributed by atoms with van der Waals surface area (Å²) >= 11 is 0. The fourth-order valence-electron chi connectivity index (χ4n) is 0. The third-order valence-corrected chi connectivity index (χ3v) is 0. The predicted molar refractivity (Wildman–Crippen MR) is 57.2 cm³/mol. The molecule has 0 aromatic rings. The van der Waals surface area contributed by atoms with Crippen LogP contribution in [-0.2, 0) is 0 Å². The first-order valence-corrected chi connectivity index (χ1v) is 2.68. The molecule has 0 aromatic carbocycles. The summed E-state index contributed by atoms with van der Waals surface area (Å²) < 4.78 is 0. The van der Waals surface area contributed by atoms with E-state index < -0.39 is 9.05 Å². The van der Waals surface area contributed by atoms with Crippen LogP contribution in [-0.4, -0.2) is 164 Å². The molecule has 0 spiro atoms. The van der Waals surface area contributed by atoms with E-state index in [1.165, 1.54) is 0 Å². The summed E-state index contributed by atoms with van der Waals surface area (Å²) in [4.78, 5) is 29.3. The number of hydrogen-bond acceptors (Lipinski definition) is 4. The van der Waals surface area contributed by atoms with E-state index in [1.54, 1.807) is 0 Å². The Balaban J connectivity index is -0.00000000533. The quantitative estimate of drug-likeness (QED) is 0.336. The van der Waals surface area contributed by atoms with Crippen molar-refractivity contribution in [2.75, 3.05) is 0 Å². The molecule has 0 rings (SSSR count). The Morgan fingerprint density at radius 1 is 0.909 bits per heavy atom. The Hall–Kier alpha value is 4.71. The van der Waals surface area contributed by atoms with E-state index in [9.17, 15) is 0 Å². The molecule has 0 aromatic heterocycles. The molecular formula is H13AlCaClFKNaO4Si. The van der Waals surface area contributed by atoms with Gasteiger partial charge in [-0.3, -0.25) is 4.70 Å². The molecule has 0 unspecified atom stereocenters. The van der Waals surface area contributed by atoms with E-state index in [1.807, 2.05) is 0 Å². The van der Waals surface area contributed by atoms with Crippen LogP contribution in [0.15, 0.2) is 0 Å². The zero-order valence-corrected chi connectivity index (χ0v) is 4.92. The molecular weight excluding hydrogens is 276 g/mol. The number of rotatable bonds is 0. The SMILES string of the molecule is Cl.F.O[Si](O)(O)O.[AlH3].[CaH2].[KH].[NaH]. The van der Waals surface area contributed by atoms with Gasteiger partial charge >= 0.3 is 128 Å². The molecule has 0 saturated carbocycles. The number of halogens is 2. The van der Waals surface area contributed by atoms with Crippen LogP contribution in [0.1, 0.15) is 0 Å². The minimum absolute atomic E-state index is 0. The molecule has 0 atom stereocenters. The molecule has 11 heteroatoms. The van der Waals surface area contributed by atoms with Crippen LogP contribution in [0.2, 0.25) is 0 Å². The maximum atomic E-state index is 7.33. The van der Waals surface area contributed by atoms with Gasteiger partial charge in [-0.2, -0.15) is 0 Å². The standard InChI is InChI=1S/Al.Ca.ClH.FH.K.Na.H4O4Si.7H/c;;;;;;1-5(2,3)4;;;;;;;/h;;2*1H;;;1-4H;;;;;;;. The second-order valence-corrected chi connectivity index (χ2v) is 1.80. The van der Waals surface area contributed by atoms with Crippen molar-refractivity contribution < 1.29 is 23.9 Å². The van der Waals surface area contributed by atoms with Crippen molar-refractivity contribution in [3.8, 4) is 0 Å². The molecule has 0 aliphatic rings. The summed E-state index contributed by atoms with van der Waals surface area (Å²) in [6, 6.07) is 0. The van der Waals surface area contributed by atoms with E-state index in [2.05, 4.69) is 0 Å². The topological polar surface area (TPSA) is 80.9 Å². The summed E-state index contributed by atoms with van der Waals surface area (Å²) in [6.07, 6.45) is 0. The molecule has 0 aliphatic heterocycles. The van der Waals surface area contributed by atoms with Gasteiger partial charge in [0.1, 0.15) is 0 Å². The second kappa shape index (κ2) is 24.1. The van der Waals surface area contributed by atoms with Crippen LogP contribution < -0.4 is 0 Å². The van der Waals surface area contributed by atoms with Gasteiger partial charge in [0.15, 0.2) is 17.4 Å². The normalized spacial score (nSPS) is 5.45. The molecule has 0 heterocycles. The average molecular weight is 289 g/mol. The van der Waals surface area contributed by atoms with Crippen LogP contribution in [0.3, 0.4) is 0 Å². The van der Waals surface area contributed by atoms with Gasteiger partial charge in [-0.05, 0) is 0 Å². The van der Waals surface area contributed by atoms with Crippen molar-refractivity contribution in [1.29, 1.82) is 0 Å². The van der Waals surface area contributed by atoms with E-state index in [4.69, 9.17) is 19.2 Å². The second-order valence-electron chi connectivity index (χ2n) is 0.600. The van der Waals surface area contributed by atoms with Crippen molar-refractivity contribution in [3.05, 3.63) is 0 Å². The Morgan fingerprint density at radius 3 is 0.909 bits per heavy atom. The van der Waals surface area contributed by atoms with Gasteiger partial charge in [-0.1, -0.05) is 0 Å². The summed E-state index contributed by atoms with van der Waals surface area (Å²) in [5.41, 5.74) is 0. The van der Waals surface area contributed by atoms with Crippen molar-refractivity contribution in [3.63, 3.8) is 0 Å². The predicted octanol–water partition coefficient (Wildman–Crippen LogP) is -5.43. The molecule has 0 aliphatic carbocycles. The van der Waals surface area contributed by atoms with Gasteiger partial charge in [0.05, 0.1) is 0 Å². The molecule has 11 heavy (non-hydrogen) atoms. The van der Waals surface area contributed by atoms with Gasteiger partial charge in [-0.15, -0.1) is 12.4 Å². The fourth-order valence-corrected chi connectivity index (χ4v) is 0. The zero-order valence-electron chi connectivity index (χ0n) is 3.11. The van der Waals surface area contributed by atoms with Crippen LogP contribution in [0, 0.1) is 0 Å². The average Bonchev–Trinajstić information content (AvgIpc) is 0.722. The van der Waals surface area contributed by atoms with Crippen LogP contribution in [0.25, 0.3) is 0 Å². The van der Waals surface area contributed by atoms with Crippen molar-refractivity contribution >= 4 is 157 Å². The first-order valence-electron chi connectivity index (χ1n) is 0.894. The Labute approximate surface area is 177 Å². The third-order valence-electron chi connectivity index (χ3n) is 0. The summed E-state index contributed by atoms with van der Waals surface area (Å²) in [6.45, 7) is 0. The van der Waals surface area contributed by atoms with Gasteiger partial charge in [0, 0.05) is 0 Å². The first-order chi connectivity index (χ1) is 2.00. The molecule has 0 fully saturated rings. The first kappa shape index (κ1) is 44.8. The van der Waals surface area contributed by atoms with E-state index in [0.717, 1.165) is 0 Å².